The summed E-state index contributed by atoms with van der Waals surface area (Å²) in [5.74, 6) is 0. The molecule has 4 heteroatoms. The van der Waals surface area contributed by atoms with Gasteiger partial charge in [-0.15, -0.1) is 0 Å². The monoisotopic (exact) mass is 275 g/mol. The summed E-state index contributed by atoms with van der Waals surface area (Å²) in [6.07, 6.45) is 2.50. The van der Waals surface area contributed by atoms with Crippen molar-refractivity contribution in [3.63, 3.8) is 0 Å². The number of aromatic nitrogens is 1. The molecule has 14 heavy (non-hydrogen) atoms. The number of alkyl halides is 1. The minimum absolute atomic E-state index is 0.201. The number of halogens is 1. The van der Waals surface area contributed by atoms with E-state index in [1.165, 1.54) is 24.2 Å². The van der Waals surface area contributed by atoms with Gasteiger partial charge in [-0.2, -0.15) is 0 Å². The van der Waals surface area contributed by atoms with Crippen LogP contribution in [0.25, 0.3) is 0 Å². The first-order valence-corrected chi connectivity index (χ1v) is 6.75. The van der Waals surface area contributed by atoms with Gasteiger partial charge in [-0.3, -0.25) is 4.79 Å². The SMILES string of the molecule is Cc1sc(=O)n(CC2(CBr)CC2)c1C. The summed E-state index contributed by atoms with van der Waals surface area (Å²) >= 11 is 4.90. The second-order valence-electron chi connectivity index (χ2n) is 4.23. The van der Waals surface area contributed by atoms with Crippen molar-refractivity contribution in [2.75, 3.05) is 5.33 Å². The van der Waals surface area contributed by atoms with E-state index < -0.39 is 0 Å². The number of nitrogens with zero attached hydrogens (tertiary/aromatic N) is 1. The lowest BCUT2D eigenvalue weighted by Gasteiger charge is -2.12. The van der Waals surface area contributed by atoms with Crippen molar-refractivity contribution < 1.29 is 0 Å². The van der Waals surface area contributed by atoms with Crippen LogP contribution in [0.15, 0.2) is 4.79 Å². The highest BCUT2D eigenvalue weighted by Crippen LogP contribution is 2.48. The largest absolute Gasteiger partial charge is 0.307 e. The second-order valence-corrected chi connectivity index (χ2v) is 5.96. The molecule has 78 valence electrons. The quantitative estimate of drug-likeness (QED) is 0.778. The Kier molecular flexibility index (Phi) is 2.60. The van der Waals surface area contributed by atoms with Crippen LogP contribution in [0, 0.1) is 19.3 Å². The lowest BCUT2D eigenvalue weighted by atomic mass is 10.1. The molecular formula is C10H14BrNOS. The van der Waals surface area contributed by atoms with Crippen LogP contribution < -0.4 is 4.87 Å². The molecule has 0 spiro atoms. The Hall–Kier alpha value is -0.0900. The average molecular weight is 276 g/mol. The minimum Gasteiger partial charge on any atom is -0.302 e. The molecule has 0 saturated heterocycles. The van der Waals surface area contributed by atoms with Crippen molar-refractivity contribution in [3.8, 4) is 0 Å². The summed E-state index contributed by atoms with van der Waals surface area (Å²) in [4.78, 5) is 13.0. The Bertz CT molecular complexity index is 403. The minimum atomic E-state index is 0.201. The lowest BCUT2D eigenvalue weighted by molar-refractivity contribution is 0.464. The molecule has 1 fully saturated rings. The van der Waals surface area contributed by atoms with Crippen LogP contribution >= 0.6 is 27.3 Å². The molecule has 0 bridgehead atoms. The molecule has 1 aliphatic rings. The van der Waals surface area contributed by atoms with Crippen molar-refractivity contribution in [1.82, 2.24) is 4.57 Å². The Morgan fingerprint density at radius 1 is 1.50 bits per heavy atom. The maximum absolute atomic E-state index is 11.6. The van der Waals surface area contributed by atoms with Crippen molar-refractivity contribution in [2.45, 2.75) is 33.2 Å². The van der Waals surface area contributed by atoms with Gasteiger partial charge in [0.05, 0.1) is 0 Å². The van der Waals surface area contributed by atoms with E-state index in [4.69, 9.17) is 0 Å². The third-order valence-electron chi connectivity index (χ3n) is 3.11. The van der Waals surface area contributed by atoms with Crippen LogP contribution in [0.3, 0.4) is 0 Å². The maximum Gasteiger partial charge on any atom is 0.307 e. The van der Waals surface area contributed by atoms with Crippen LogP contribution in [0.1, 0.15) is 23.4 Å². The standard InChI is InChI=1S/C10H14BrNOS/c1-7-8(2)14-9(13)12(7)6-10(5-11)3-4-10/h3-6H2,1-2H3. The van der Waals surface area contributed by atoms with Gasteiger partial charge in [0.15, 0.2) is 0 Å². The van der Waals surface area contributed by atoms with E-state index in [2.05, 4.69) is 15.9 Å². The average Bonchev–Trinajstić information content (AvgIpc) is 2.88. The Balaban J connectivity index is 2.29. The molecule has 1 aliphatic carbocycles. The van der Waals surface area contributed by atoms with Crippen LogP contribution in [-0.2, 0) is 6.54 Å². The number of hydrogen-bond donors (Lipinski definition) is 0. The summed E-state index contributed by atoms with van der Waals surface area (Å²) in [5, 5.41) is 1.01. The molecule has 1 aromatic rings. The summed E-state index contributed by atoms with van der Waals surface area (Å²) in [7, 11) is 0. The smallest absolute Gasteiger partial charge is 0.302 e. The number of hydrogen-bond acceptors (Lipinski definition) is 2. The molecule has 2 rings (SSSR count). The topological polar surface area (TPSA) is 22.0 Å². The zero-order valence-corrected chi connectivity index (χ0v) is 10.9. The second kappa shape index (κ2) is 3.49. The predicted molar refractivity (Wildman–Crippen MR) is 63.5 cm³/mol. The summed E-state index contributed by atoms with van der Waals surface area (Å²) in [6, 6.07) is 0. The Morgan fingerprint density at radius 3 is 2.50 bits per heavy atom. The van der Waals surface area contributed by atoms with Gasteiger partial charge in [-0.1, -0.05) is 27.3 Å². The molecule has 1 aromatic heterocycles. The van der Waals surface area contributed by atoms with E-state index in [9.17, 15) is 4.79 Å². The maximum atomic E-state index is 11.6. The first-order valence-electron chi connectivity index (χ1n) is 4.81. The zero-order chi connectivity index (χ0) is 10.3. The number of thiazole rings is 1. The molecule has 0 radical (unpaired) electrons. The van der Waals surface area contributed by atoms with E-state index in [0.717, 1.165) is 22.4 Å². The third-order valence-corrected chi connectivity index (χ3v) is 5.30. The first kappa shape index (κ1) is 10.4. The van der Waals surface area contributed by atoms with Crippen LogP contribution in [0.2, 0.25) is 0 Å². The van der Waals surface area contributed by atoms with E-state index in [-0.39, 0.29) is 4.87 Å². The zero-order valence-electron chi connectivity index (χ0n) is 8.47. The fraction of sp³-hybridized carbons (Fsp3) is 0.700. The van der Waals surface area contributed by atoms with Gasteiger partial charge in [-0.25, -0.2) is 0 Å². The summed E-state index contributed by atoms with van der Waals surface area (Å²) in [6.45, 7) is 4.95. The fourth-order valence-corrected chi connectivity index (χ4v) is 3.19. The Morgan fingerprint density at radius 2 is 2.14 bits per heavy atom. The molecule has 0 amide bonds. The van der Waals surface area contributed by atoms with Crippen LogP contribution in [-0.4, -0.2) is 9.90 Å². The number of rotatable bonds is 3. The molecule has 0 unspecified atom stereocenters. The molecule has 0 aromatic carbocycles. The summed E-state index contributed by atoms with van der Waals surface area (Å²) < 4.78 is 1.94. The predicted octanol–water partition coefficient (Wildman–Crippen LogP) is 2.70. The van der Waals surface area contributed by atoms with E-state index in [1.54, 1.807) is 0 Å². The van der Waals surface area contributed by atoms with Gasteiger partial charge in [-0.05, 0) is 32.1 Å². The molecule has 1 heterocycles. The van der Waals surface area contributed by atoms with Crippen LogP contribution in [0.5, 0.6) is 0 Å². The number of aryl methyl sites for hydroxylation is 1. The molecule has 0 atom stereocenters. The highest BCUT2D eigenvalue weighted by atomic mass is 79.9. The third kappa shape index (κ3) is 1.70. The van der Waals surface area contributed by atoms with Crippen molar-refractivity contribution in [2.24, 2.45) is 5.41 Å². The van der Waals surface area contributed by atoms with Gasteiger partial charge in [0.2, 0.25) is 0 Å². The van der Waals surface area contributed by atoms with E-state index in [0.29, 0.717) is 5.41 Å². The highest BCUT2D eigenvalue weighted by molar-refractivity contribution is 9.09. The van der Waals surface area contributed by atoms with Gasteiger partial charge in [0, 0.05) is 22.4 Å². The lowest BCUT2D eigenvalue weighted by Crippen LogP contribution is -2.22. The normalized spacial score (nSPS) is 18.5. The molecular weight excluding hydrogens is 262 g/mol. The highest BCUT2D eigenvalue weighted by Gasteiger charge is 2.42. The fourth-order valence-electron chi connectivity index (χ4n) is 1.62. The first-order chi connectivity index (χ1) is 6.58. The van der Waals surface area contributed by atoms with Crippen molar-refractivity contribution in [1.29, 1.82) is 0 Å². The molecule has 1 saturated carbocycles. The van der Waals surface area contributed by atoms with Gasteiger partial charge >= 0.3 is 4.87 Å². The Labute approximate surface area is 96.1 Å². The molecule has 2 nitrogen and oxygen atoms in total. The van der Waals surface area contributed by atoms with E-state index >= 15 is 0 Å². The van der Waals surface area contributed by atoms with Crippen LogP contribution in [0.4, 0.5) is 0 Å². The molecule has 0 aliphatic heterocycles. The van der Waals surface area contributed by atoms with Crippen molar-refractivity contribution in [3.05, 3.63) is 20.2 Å². The van der Waals surface area contributed by atoms with E-state index in [1.807, 2.05) is 18.4 Å². The van der Waals surface area contributed by atoms with Gasteiger partial charge in [0.25, 0.3) is 0 Å². The van der Waals surface area contributed by atoms with Crippen molar-refractivity contribution >= 4 is 27.3 Å². The van der Waals surface area contributed by atoms with Gasteiger partial charge in [0.1, 0.15) is 0 Å². The molecule has 0 N–H and O–H groups in total. The van der Waals surface area contributed by atoms with Gasteiger partial charge < -0.3 is 4.57 Å². The summed E-state index contributed by atoms with van der Waals surface area (Å²) in [5.41, 5.74) is 1.52.